The molecule has 0 bridgehead atoms. The van der Waals surface area contributed by atoms with Crippen LogP contribution in [0.5, 0.6) is 0 Å². The second-order valence-electron chi connectivity index (χ2n) is 6.00. The number of hydrogen-bond acceptors (Lipinski definition) is 3. The van der Waals surface area contributed by atoms with Crippen LogP contribution in [-0.2, 0) is 6.54 Å². The van der Waals surface area contributed by atoms with Gasteiger partial charge in [0.25, 0.3) is 0 Å². The molecule has 1 heterocycles. The number of rotatable bonds is 7. The van der Waals surface area contributed by atoms with Crippen molar-refractivity contribution in [2.45, 2.75) is 46.7 Å². The SMILES string of the molecule is CCNCc1ccc(N2CCC(N(CC)CC)C2)cc1C. The maximum absolute atomic E-state index is 3.41. The zero-order chi connectivity index (χ0) is 15.2. The van der Waals surface area contributed by atoms with Crippen molar-refractivity contribution in [3.8, 4) is 0 Å². The number of nitrogens with one attached hydrogen (secondary N) is 1. The van der Waals surface area contributed by atoms with Gasteiger partial charge in [0.15, 0.2) is 0 Å². The average Bonchev–Trinajstić information content (AvgIpc) is 2.97. The Kier molecular flexibility index (Phi) is 6.07. The highest BCUT2D eigenvalue weighted by Crippen LogP contribution is 2.25. The van der Waals surface area contributed by atoms with Crippen LogP contribution in [0, 0.1) is 6.92 Å². The lowest BCUT2D eigenvalue weighted by atomic mass is 10.1. The third-order valence-electron chi connectivity index (χ3n) is 4.75. The lowest BCUT2D eigenvalue weighted by Gasteiger charge is -2.27. The van der Waals surface area contributed by atoms with E-state index < -0.39 is 0 Å². The monoisotopic (exact) mass is 289 g/mol. The van der Waals surface area contributed by atoms with Gasteiger partial charge in [-0.25, -0.2) is 0 Å². The highest BCUT2D eigenvalue weighted by atomic mass is 15.2. The molecule has 0 aliphatic carbocycles. The van der Waals surface area contributed by atoms with Crippen LogP contribution in [-0.4, -0.2) is 43.7 Å². The molecular formula is C18H31N3. The Balaban J connectivity index is 2.01. The number of hydrogen-bond donors (Lipinski definition) is 1. The second-order valence-corrected chi connectivity index (χ2v) is 6.00. The molecule has 1 aromatic rings. The van der Waals surface area contributed by atoms with E-state index in [0.717, 1.165) is 32.2 Å². The number of anilines is 1. The van der Waals surface area contributed by atoms with Crippen molar-refractivity contribution < 1.29 is 0 Å². The van der Waals surface area contributed by atoms with Gasteiger partial charge in [-0.05, 0) is 56.2 Å². The molecule has 2 rings (SSSR count). The average molecular weight is 289 g/mol. The Morgan fingerprint density at radius 2 is 2.00 bits per heavy atom. The van der Waals surface area contributed by atoms with Crippen molar-refractivity contribution in [3.63, 3.8) is 0 Å². The summed E-state index contributed by atoms with van der Waals surface area (Å²) in [7, 11) is 0. The summed E-state index contributed by atoms with van der Waals surface area (Å²) in [6.07, 6.45) is 1.29. The largest absolute Gasteiger partial charge is 0.370 e. The van der Waals surface area contributed by atoms with E-state index in [9.17, 15) is 0 Å². The van der Waals surface area contributed by atoms with E-state index >= 15 is 0 Å². The summed E-state index contributed by atoms with van der Waals surface area (Å²) >= 11 is 0. The van der Waals surface area contributed by atoms with Crippen molar-refractivity contribution >= 4 is 5.69 Å². The minimum atomic E-state index is 0.724. The fraction of sp³-hybridized carbons (Fsp3) is 0.667. The van der Waals surface area contributed by atoms with Gasteiger partial charge in [0.2, 0.25) is 0 Å². The smallest absolute Gasteiger partial charge is 0.0369 e. The second kappa shape index (κ2) is 7.81. The topological polar surface area (TPSA) is 18.5 Å². The Morgan fingerprint density at radius 1 is 1.24 bits per heavy atom. The maximum Gasteiger partial charge on any atom is 0.0369 e. The molecule has 1 aromatic carbocycles. The Hall–Kier alpha value is -1.06. The van der Waals surface area contributed by atoms with Gasteiger partial charge in [-0.1, -0.05) is 26.8 Å². The summed E-state index contributed by atoms with van der Waals surface area (Å²) in [4.78, 5) is 5.14. The zero-order valence-corrected chi connectivity index (χ0v) is 14.2. The molecule has 1 aliphatic heterocycles. The van der Waals surface area contributed by atoms with Gasteiger partial charge in [-0.2, -0.15) is 0 Å². The molecule has 118 valence electrons. The van der Waals surface area contributed by atoms with E-state index in [1.165, 1.54) is 36.3 Å². The van der Waals surface area contributed by atoms with E-state index in [-0.39, 0.29) is 0 Å². The highest BCUT2D eigenvalue weighted by Gasteiger charge is 2.26. The molecule has 1 atom stereocenters. The molecule has 1 fully saturated rings. The molecule has 3 nitrogen and oxygen atoms in total. The van der Waals surface area contributed by atoms with E-state index in [4.69, 9.17) is 0 Å². The van der Waals surface area contributed by atoms with Crippen LogP contribution >= 0.6 is 0 Å². The molecule has 21 heavy (non-hydrogen) atoms. The molecule has 0 aromatic heterocycles. The van der Waals surface area contributed by atoms with Crippen LogP contribution in [0.2, 0.25) is 0 Å². The summed E-state index contributed by atoms with van der Waals surface area (Å²) in [5, 5.41) is 3.41. The number of aryl methyl sites for hydroxylation is 1. The molecule has 0 radical (unpaired) electrons. The van der Waals surface area contributed by atoms with Crippen LogP contribution in [0.3, 0.4) is 0 Å². The third kappa shape index (κ3) is 3.98. The fourth-order valence-corrected chi connectivity index (χ4v) is 3.35. The van der Waals surface area contributed by atoms with Crippen molar-refractivity contribution in [2.24, 2.45) is 0 Å². The molecule has 1 saturated heterocycles. The summed E-state index contributed by atoms with van der Waals surface area (Å²) in [6.45, 7) is 15.6. The zero-order valence-electron chi connectivity index (χ0n) is 14.2. The van der Waals surface area contributed by atoms with Gasteiger partial charge >= 0.3 is 0 Å². The van der Waals surface area contributed by atoms with Gasteiger partial charge < -0.3 is 10.2 Å². The quantitative estimate of drug-likeness (QED) is 0.832. The molecule has 1 aliphatic rings. The molecule has 0 spiro atoms. The number of likely N-dealkylation sites (N-methyl/N-ethyl adjacent to an activating group) is 1. The normalized spacial score (nSPS) is 18.7. The molecule has 0 saturated carbocycles. The van der Waals surface area contributed by atoms with Crippen molar-refractivity contribution in [1.82, 2.24) is 10.2 Å². The van der Waals surface area contributed by atoms with Gasteiger partial charge in [0.1, 0.15) is 0 Å². The van der Waals surface area contributed by atoms with E-state index in [1.807, 2.05) is 0 Å². The van der Waals surface area contributed by atoms with Crippen LogP contribution in [0.25, 0.3) is 0 Å². The molecule has 1 N–H and O–H groups in total. The van der Waals surface area contributed by atoms with E-state index in [0.29, 0.717) is 0 Å². The Labute approximate surface area is 130 Å². The van der Waals surface area contributed by atoms with Crippen LogP contribution in [0.4, 0.5) is 5.69 Å². The first kappa shape index (κ1) is 16.3. The van der Waals surface area contributed by atoms with Gasteiger partial charge in [0, 0.05) is 31.4 Å². The van der Waals surface area contributed by atoms with E-state index in [2.05, 4.69) is 61.0 Å². The number of nitrogens with zero attached hydrogens (tertiary/aromatic N) is 2. The molecular weight excluding hydrogens is 258 g/mol. The Morgan fingerprint density at radius 3 is 2.62 bits per heavy atom. The molecule has 0 amide bonds. The Bertz CT molecular complexity index is 440. The lowest BCUT2D eigenvalue weighted by molar-refractivity contribution is 0.232. The first-order chi connectivity index (χ1) is 10.2. The minimum Gasteiger partial charge on any atom is -0.370 e. The van der Waals surface area contributed by atoms with Gasteiger partial charge in [-0.15, -0.1) is 0 Å². The predicted molar refractivity (Wildman–Crippen MR) is 92.1 cm³/mol. The lowest BCUT2D eigenvalue weighted by Crippen LogP contribution is -2.37. The van der Waals surface area contributed by atoms with Crippen LogP contribution < -0.4 is 10.2 Å². The summed E-state index contributed by atoms with van der Waals surface area (Å²) in [5.41, 5.74) is 4.21. The molecule has 3 heteroatoms. The summed E-state index contributed by atoms with van der Waals surface area (Å²) in [6, 6.07) is 7.67. The summed E-state index contributed by atoms with van der Waals surface area (Å²) in [5.74, 6) is 0. The fourth-order valence-electron chi connectivity index (χ4n) is 3.35. The van der Waals surface area contributed by atoms with Crippen molar-refractivity contribution in [2.75, 3.05) is 37.6 Å². The minimum absolute atomic E-state index is 0.724. The maximum atomic E-state index is 3.41. The standard InChI is InChI=1S/C18H31N3/c1-5-19-13-16-8-9-17(12-15(16)4)21-11-10-18(14-21)20(6-2)7-3/h8-9,12,18-19H,5-7,10-11,13-14H2,1-4H3. The highest BCUT2D eigenvalue weighted by molar-refractivity contribution is 5.51. The first-order valence-electron chi connectivity index (χ1n) is 8.48. The predicted octanol–water partition coefficient (Wildman–Crippen LogP) is 3.03. The first-order valence-corrected chi connectivity index (χ1v) is 8.48. The molecule has 1 unspecified atom stereocenters. The van der Waals surface area contributed by atoms with Crippen molar-refractivity contribution in [3.05, 3.63) is 29.3 Å². The van der Waals surface area contributed by atoms with Crippen molar-refractivity contribution in [1.29, 1.82) is 0 Å². The third-order valence-corrected chi connectivity index (χ3v) is 4.75. The van der Waals surface area contributed by atoms with Crippen LogP contribution in [0.1, 0.15) is 38.3 Å². The van der Waals surface area contributed by atoms with Crippen LogP contribution in [0.15, 0.2) is 18.2 Å². The van der Waals surface area contributed by atoms with E-state index in [1.54, 1.807) is 0 Å². The van der Waals surface area contributed by atoms with Gasteiger partial charge in [-0.3, -0.25) is 4.90 Å². The number of benzene rings is 1. The van der Waals surface area contributed by atoms with Gasteiger partial charge in [0.05, 0.1) is 0 Å². The summed E-state index contributed by atoms with van der Waals surface area (Å²) < 4.78 is 0.